The van der Waals surface area contributed by atoms with E-state index >= 15 is 0 Å². The highest BCUT2D eigenvalue weighted by atomic mass is 16.5. The zero-order chi connectivity index (χ0) is 11.0. The predicted molar refractivity (Wildman–Crippen MR) is 59.7 cm³/mol. The summed E-state index contributed by atoms with van der Waals surface area (Å²) in [5.74, 6) is 2.35. The van der Waals surface area contributed by atoms with Crippen molar-refractivity contribution in [2.45, 2.75) is 25.4 Å². The molecule has 1 aromatic rings. The van der Waals surface area contributed by atoms with Crippen LogP contribution >= 0.6 is 0 Å². The first-order chi connectivity index (χ1) is 7.83. The standard InChI is InChI=1S/C13H16O3/c14-12-8-16-13-6-10(4-5-11(12)13)15-7-9-2-1-3-9/h4-6,9,12,14H,1-3,7-8H2. The van der Waals surface area contributed by atoms with Gasteiger partial charge in [-0.2, -0.15) is 0 Å². The van der Waals surface area contributed by atoms with Crippen molar-refractivity contribution in [2.24, 2.45) is 5.92 Å². The molecular formula is C13H16O3. The smallest absolute Gasteiger partial charge is 0.129 e. The van der Waals surface area contributed by atoms with Crippen molar-refractivity contribution in [1.29, 1.82) is 0 Å². The van der Waals surface area contributed by atoms with Gasteiger partial charge in [-0.1, -0.05) is 6.42 Å². The van der Waals surface area contributed by atoms with E-state index in [1.54, 1.807) is 0 Å². The Balaban J connectivity index is 1.67. The first kappa shape index (κ1) is 9.97. The largest absolute Gasteiger partial charge is 0.493 e. The van der Waals surface area contributed by atoms with E-state index in [0.717, 1.165) is 29.6 Å². The lowest BCUT2D eigenvalue weighted by atomic mass is 9.86. The van der Waals surface area contributed by atoms with Crippen LogP contribution in [0.4, 0.5) is 0 Å². The molecule has 1 aromatic carbocycles. The van der Waals surface area contributed by atoms with E-state index in [-0.39, 0.29) is 0 Å². The van der Waals surface area contributed by atoms with Crippen LogP contribution in [0.25, 0.3) is 0 Å². The molecule has 3 rings (SSSR count). The van der Waals surface area contributed by atoms with Crippen LogP contribution in [0.2, 0.25) is 0 Å². The molecule has 1 unspecified atom stereocenters. The van der Waals surface area contributed by atoms with Gasteiger partial charge in [0.2, 0.25) is 0 Å². The van der Waals surface area contributed by atoms with Gasteiger partial charge in [-0.05, 0) is 30.9 Å². The first-order valence-electron chi connectivity index (χ1n) is 5.90. The molecule has 1 heterocycles. The minimum absolute atomic E-state index is 0.363. The van der Waals surface area contributed by atoms with Crippen molar-refractivity contribution >= 4 is 0 Å². The number of aliphatic hydroxyl groups is 1. The predicted octanol–water partition coefficient (Wildman–Crippen LogP) is 2.29. The number of fused-ring (bicyclic) bond motifs is 1. The van der Waals surface area contributed by atoms with Gasteiger partial charge in [0.1, 0.15) is 24.2 Å². The Morgan fingerprint density at radius 2 is 2.25 bits per heavy atom. The van der Waals surface area contributed by atoms with Crippen molar-refractivity contribution in [3.05, 3.63) is 23.8 Å². The van der Waals surface area contributed by atoms with Crippen molar-refractivity contribution in [3.8, 4) is 11.5 Å². The van der Waals surface area contributed by atoms with E-state index in [0.29, 0.717) is 6.61 Å². The maximum Gasteiger partial charge on any atom is 0.129 e. The Morgan fingerprint density at radius 3 is 3.00 bits per heavy atom. The summed E-state index contributed by atoms with van der Waals surface area (Å²) in [4.78, 5) is 0. The van der Waals surface area contributed by atoms with Gasteiger partial charge >= 0.3 is 0 Å². The van der Waals surface area contributed by atoms with Gasteiger partial charge in [-0.25, -0.2) is 0 Å². The second kappa shape index (κ2) is 3.98. The lowest BCUT2D eigenvalue weighted by Gasteiger charge is -2.25. The molecule has 0 amide bonds. The maximum absolute atomic E-state index is 9.57. The molecule has 1 fully saturated rings. The Kier molecular flexibility index (Phi) is 2.48. The average Bonchev–Trinajstić information content (AvgIpc) is 2.58. The number of ether oxygens (including phenoxy) is 2. The third-order valence-electron chi connectivity index (χ3n) is 3.45. The van der Waals surface area contributed by atoms with Crippen molar-refractivity contribution < 1.29 is 14.6 Å². The fourth-order valence-electron chi connectivity index (χ4n) is 2.14. The molecular weight excluding hydrogens is 204 g/mol. The summed E-state index contributed by atoms with van der Waals surface area (Å²) >= 11 is 0. The molecule has 1 saturated carbocycles. The number of aliphatic hydroxyl groups excluding tert-OH is 1. The Morgan fingerprint density at radius 1 is 1.38 bits per heavy atom. The van der Waals surface area contributed by atoms with E-state index < -0.39 is 6.10 Å². The van der Waals surface area contributed by atoms with E-state index in [4.69, 9.17) is 9.47 Å². The molecule has 1 aliphatic carbocycles. The molecule has 2 aliphatic rings. The normalized spacial score (nSPS) is 23.4. The summed E-state index contributed by atoms with van der Waals surface area (Å²) in [7, 11) is 0. The molecule has 16 heavy (non-hydrogen) atoms. The van der Waals surface area contributed by atoms with E-state index in [1.165, 1.54) is 19.3 Å². The van der Waals surface area contributed by atoms with Gasteiger partial charge < -0.3 is 14.6 Å². The molecule has 0 saturated heterocycles. The Labute approximate surface area is 95.0 Å². The van der Waals surface area contributed by atoms with Crippen LogP contribution in [0.3, 0.4) is 0 Å². The van der Waals surface area contributed by atoms with Crippen LogP contribution < -0.4 is 9.47 Å². The number of benzene rings is 1. The van der Waals surface area contributed by atoms with Crippen LogP contribution in [-0.4, -0.2) is 18.3 Å². The number of rotatable bonds is 3. The summed E-state index contributed by atoms with van der Waals surface area (Å²) < 4.78 is 11.1. The van der Waals surface area contributed by atoms with Crippen LogP contribution in [0.15, 0.2) is 18.2 Å². The number of hydrogen-bond acceptors (Lipinski definition) is 3. The highest BCUT2D eigenvalue weighted by Gasteiger charge is 2.22. The van der Waals surface area contributed by atoms with Crippen molar-refractivity contribution in [1.82, 2.24) is 0 Å². The fraction of sp³-hybridized carbons (Fsp3) is 0.538. The summed E-state index contributed by atoms with van der Waals surface area (Å²) in [5.41, 5.74) is 0.871. The topological polar surface area (TPSA) is 38.7 Å². The minimum atomic E-state index is -0.476. The SMILES string of the molecule is OC1COc2cc(OCC3CCC3)ccc21. The molecule has 0 radical (unpaired) electrons. The molecule has 3 nitrogen and oxygen atoms in total. The van der Waals surface area contributed by atoms with Crippen LogP contribution in [-0.2, 0) is 0 Å². The zero-order valence-electron chi connectivity index (χ0n) is 9.19. The number of hydrogen-bond donors (Lipinski definition) is 1. The molecule has 0 aromatic heterocycles. The first-order valence-corrected chi connectivity index (χ1v) is 5.90. The van der Waals surface area contributed by atoms with Crippen LogP contribution in [0.5, 0.6) is 11.5 Å². The second-order valence-corrected chi connectivity index (χ2v) is 4.63. The molecule has 3 heteroatoms. The zero-order valence-corrected chi connectivity index (χ0v) is 9.19. The molecule has 0 bridgehead atoms. The van der Waals surface area contributed by atoms with E-state index in [2.05, 4.69) is 0 Å². The summed E-state index contributed by atoms with van der Waals surface area (Å²) in [6, 6.07) is 5.68. The summed E-state index contributed by atoms with van der Waals surface area (Å²) in [5, 5.41) is 9.57. The minimum Gasteiger partial charge on any atom is -0.493 e. The molecule has 86 valence electrons. The van der Waals surface area contributed by atoms with Gasteiger partial charge in [-0.15, -0.1) is 0 Å². The van der Waals surface area contributed by atoms with Gasteiger partial charge in [0.15, 0.2) is 0 Å². The summed E-state index contributed by atoms with van der Waals surface area (Å²) in [6.45, 7) is 1.17. The van der Waals surface area contributed by atoms with Gasteiger partial charge in [0, 0.05) is 11.6 Å². The highest BCUT2D eigenvalue weighted by molar-refractivity contribution is 5.44. The Bertz CT molecular complexity index is 385. The van der Waals surface area contributed by atoms with Crippen LogP contribution in [0, 0.1) is 5.92 Å². The third kappa shape index (κ3) is 1.76. The summed E-state index contributed by atoms with van der Waals surface area (Å²) in [6.07, 6.45) is 3.45. The van der Waals surface area contributed by atoms with Gasteiger partial charge in [0.25, 0.3) is 0 Å². The third-order valence-corrected chi connectivity index (χ3v) is 3.45. The second-order valence-electron chi connectivity index (χ2n) is 4.63. The van der Waals surface area contributed by atoms with Crippen LogP contribution in [0.1, 0.15) is 30.9 Å². The van der Waals surface area contributed by atoms with Crippen molar-refractivity contribution in [2.75, 3.05) is 13.2 Å². The van der Waals surface area contributed by atoms with Gasteiger partial charge in [0.05, 0.1) is 6.61 Å². The Hall–Kier alpha value is -1.22. The quantitative estimate of drug-likeness (QED) is 0.849. The highest BCUT2D eigenvalue weighted by Crippen LogP contribution is 2.35. The molecule has 0 spiro atoms. The monoisotopic (exact) mass is 220 g/mol. The van der Waals surface area contributed by atoms with Crippen molar-refractivity contribution in [3.63, 3.8) is 0 Å². The van der Waals surface area contributed by atoms with E-state index in [1.807, 2.05) is 18.2 Å². The lowest BCUT2D eigenvalue weighted by Crippen LogP contribution is -2.19. The molecule has 1 atom stereocenters. The van der Waals surface area contributed by atoms with E-state index in [9.17, 15) is 5.11 Å². The van der Waals surface area contributed by atoms with Gasteiger partial charge in [-0.3, -0.25) is 0 Å². The average molecular weight is 220 g/mol. The lowest BCUT2D eigenvalue weighted by molar-refractivity contribution is 0.140. The maximum atomic E-state index is 9.57. The molecule has 1 N–H and O–H groups in total. The fourth-order valence-corrected chi connectivity index (χ4v) is 2.14. The molecule has 1 aliphatic heterocycles.